The number of likely N-dealkylation sites (N-methyl/N-ethyl adjacent to an activating group) is 1. The third-order valence-electron chi connectivity index (χ3n) is 4.91. The average Bonchev–Trinajstić information content (AvgIpc) is 2.89. The molecule has 2 heteroatoms. The molecule has 0 aromatic heterocycles. The second-order valence-electron chi connectivity index (χ2n) is 6.83. The van der Waals surface area contributed by atoms with Crippen molar-refractivity contribution in [1.82, 2.24) is 10.2 Å². The van der Waals surface area contributed by atoms with E-state index in [0.717, 1.165) is 13.1 Å². The number of benzene rings is 1. The molecule has 1 aliphatic rings. The molecule has 1 aromatic carbocycles. The first-order valence-corrected chi connectivity index (χ1v) is 8.00. The fraction of sp³-hybridized carbons (Fsp3) is 0.667. The van der Waals surface area contributed by atoms with Gasteiger partial charge in [-0.1, -0.05) is 51.0 Å². The Hall–Kier alpha value is -0.860. The molecule has 1 aromatic rings. The lowest BCUT2D eigenvalue weighted by Crippen LogP contribution is -2.49. The molecular weight excluding hydrogens is 244 g/mol. The van der Waals surface area contributed by atoms with Gasteiger partial charge in [0.2, 0.25) is 0 Å². The van der Waals surface area contributed by atoms with Crippen molar-refractivity contribution in [2.45, 2.75) is 57.5 Å². The first kappa shape index (κ1) is 15.5. The summed E-state index contributed by atoms with van der Waals surface area (Å²) in [4.78, 5) is 2.43. The number of hydrogen-bond acceptors (Lipinski definition) is 2. The van der Waals surface area contributed by atoms with Crippen molar-refractivity contribution in [2.24, 2.45) is 0 Å². The average molecular weight is 274 g/mol. The Balaban J connectivity index is 1.86. The minimum Gasteiger partial charge on any atom is -0.311 e. The van der Waals surface area contributed by atoms with Gasteiger partial charge >= 0.3 is 0 Å². The van der Waals surface area contributed by atoms with Gasteiger partial charge in [0.05, 0.1) is 0 Å². The fourth-order valence-corrected chi connectivity index (χ4v) is 3.28. The summed E-state index contributed by atoms with van der Waals surface area (Å²) in [5.74, 6) is 0.618. The largest absolute Gasteiger partial charge is 0.311 e. The SMILES string of the molecule is CC(C)c1ccc(CNCC2(N(C)C)CCCC2)cc1. The second kappa shape index (κ2) is 6.73. The molecule has 1 aliphatic carbocycles. The summed E-state index contributed by atoms with van der Waals surface area (Å²) in [5.41, 5.74) is 3.20. The van der Waals surface area contributed by atoms with Crippen LogP contribution in [0.3, 0.4) is 0 Å². The molecule has 0 atom stereocenters. The summed E-state index contributed by atoms with van der Waals surface area (Å²) in [5, 5.41) is 3.67. The molecule has 0 saturated heterocycles. The summed E-state index contributed by atoms with van der Waals surface area (Å²) in [6.07, 6.45) is 5.42. The van der Waals surface area contributed by atoms with E-state index in [9.17, 15) is 0 Å². The summed E-state index contributed by atoms with van der Waals surface area (Å²) < 4.78 is 0. The molecule has 0 bridgehead atoms. The fourth-order valence-electron chi connectivity index (χ4n) is 3.28. The van der Waals surface area contributed by atoms with Gasteiger partial charge in [0.25, 0.3) is 0 Å². The quantitative estimate of drug-likeness (QED) is 0.849. The third-order valence-corrected chi connectivity index (χ3v) is 4.91. The standard InChI is InChI=1S/C18H30N2/c1-15(2)17-9-7-16(8-10-17)13-19-14-18(20(3)4)11-5-6-12-18/h7-10,15,19H,5-6,11-14H2,1-4H3. The van der Waals surface area contributed by atoms with Crippen LogP contribution in [0, 0.1) is 0 Å². The van der Waals surface area contributed by atoms with Gasteiger partial charge in [0, 0.05) is 18.6 Å². The highest BCUT2D eigenvalue weighted by Crippen LogP contribution is 2.33. The van der Waals surface area contributed by atoms with Crippen molar-refractivity contribution in [3.63, 3.8) is 0 Å². The van der Waals surface area contributed by atoms with E-state index in [-0.39, 0.29) is 0 Å². The van der Waals surface area contributed by atoms with E-state index >= 15 is 0 Å². The molecule has 0 spiro atoms. The molecule has 0 unspecified atom stereocenters. The highest BCUT2D eigenvalue weighted by atomic mass is 15.2. The minimum atomic E-state index is 0.387. The number of nitrogens with one attached hydrogen (secondary N) is 1. The maximum atomic E-state index is 3.67. The molecule has 1 fully saturated rings. The summed E-state index contributed by atoms with van der Waals surface area (Å²) in [7, 11) is 4.45. The lowest BCUT2D eigenvalue weighted by molar-refractivity contribution is 0.153. The number of nitrogens with zero attached hydrogens (tertiary/aromatic N) is 1. The number of rotatable bonds is 6. The van der Waals surface area contributed by atoms with E-state index in [4.69, 9.17) is 0 Å². The molecule has 0 aliphatic heterocycles. The topological polar surface area (TPSA) is 15.3 Å². The van der Waals surface area contributed by atoms with Gasteiger partial charge in [-0.25, -0.2) is 0 Å². The van der Waals surface area contributed by atoms with E-state index in [1.807, 2.05) is 0 Å². The van der Waals surface area contributed by atoms with Crippen molar-refractivity contribution in [3.8, 4) is 0 Å². The second-order valence-corrected chi connectivity index (χ2v) is 6.83. The van der Waals surface area contributed by atoms with Crippen LogP contribution in [0.4, 0.5) is 0 Å². The van der Waals surface area contributed by atoms with Crippen LogP contribution < -0.4 is 5.32 Å². The first-order chi connectivity index (χ1) is 9.53. The normalized spacial score (nSPS) is 18.1. The van der Waals surface area contributed by atoms with Gasteiger partial charge in [0.1, 0.15) is 0 Å². The van der Waals surface area contributed by atoms with Crippen LogP contribution in [0.15, 0.2) is 24.3 Å². The highest BCUT2D eigenvalue weighted by molar-refractivity contribution is 5.24. The van der Waals surface area contributed by atoms with Crippen LogP contribution in [0.1, 0.15) is 56.6 Å². The summed E-state index contributed by atoms with van der Waals surface area (Å²) in [6, 6.07) is 9.05. The lowest BCUT2D eigenvalue weighted by Gasteiger charge is -2.36. The maximum absolute atomic E-state index is 3.67. The van der Waals surface area contributed by atoms with Crippen molar-refractivity contribution in [3.05, 3.63) is 35.4 Å². The van der Waals surface area contributed by atoms with Crippen LogP contribution >= 0.6 is 0 Å². The van der Waals surface area contributed by atoms with Gasteiger partial charge in [-0.3, -0.25) is 0 Å². The molecule has 112 valence electrons. The molecule has 1 saturated carbocycles. The molecule has 2 nitrogen and oxygen atoms in total. The molecular formula is C18H30N2. The Morgan fingerprint density at radius 2 is 1.70 bits per heavy atom. The van der Waals surface area contributed by atoms with E-state index in [1.165, 1.54) is 36.8 Å². The Bertz CT molecular complexity index is 400. The van der Waals surface area contributed by atoms with E-state index in [0.29, 0.717) is 11.5 Å². The van der Waals surface area contributed by atoms with Crippen LogP contribution in [0.5, 0.6) is 0 Å². The maximum Gasteiger partial charge on any atom is 0.0328 e. The van der Waals surface area contributed by atoms with Gasteiger partial charge in [-0.15, -0.1) is 0 Å². The molecule has 2 rings (SSSR count). The summed E-state index contributed by atoms with van der Waals surface area (Å²) in [6.45, 7) is 6.57. The van der Waals surface area contributed by atoms with E-state index in [2.05, 4.69) is 62.4 Å². The lowest BCUT2D eigenvalue weighted by atomic mass is 9.96. The van der Waals surface area contributed by atoms with Gasteiger partial charge < -0.3 is 10.2 Å². The van der Waals surface area contributed by atoms with Crippen molar-refractivity contribution >= 4 is 0 Å². The summed E-state index contributed by atoms with van der Waals surface area (Å²) >= 11 is 0. The predicted octanol–water partition coefficient (Wildman–Crippen LogP) is 3.77. The number of hydrogen-bond donors (Lipinski definition) is 1. The van der Waals surface area contributed by atoms with Crippen molar-refractivity contribution in [1.29, 1.82) is 0 Å². The monoisotopic (exact) mass is 274 g/mol. The van der Waals surface area contributed by atoms with Crippen LogP contribution in [0.2, 0.25) is 0 Å². The van der Waals surface area contributed by atoms with Gasteiger partial charge in [-0.05, 0) is 44.0 Å². The van der Waals surface area contributed by atoms with Crippen LogP contribution in [0.25, 0.3) is 0 Å². The Kier molecular flexibility index (Phi) is 5.22. The van der Waals surface area contributed by atoms with E-state index < -0.39 is 0 Å². The zero-order valence-electron chi connectivity index (χ0n) is 13.6. The third kappa shape index (κ3) is 3.62. The first-order valence-electron chi connectivity index (χ1n) is 8.00. The highest BCUT2D eigenvalue weighted by Gasteiger charge is 2.35. The smallest absolute Gasteiger partial charge is 0.0328 e. The van der Waals surface area contributed by atoms with Crippen molar-refractivity contribution in [2.75, 3.05) is 20.6 Å². The molecule has 0 radical (unpaired) electrons. The molecule has 20 heavy (non-hydrogen) atoms. The molecule has 0 heterocycles. The zero-order valence-corrected chi connectivity index (χ0v) is 13.6. The van der Waals surface area contributed by atoms with Crippen LogP contribution in [-0.2, 0) is 6.54 Å². The Morgan fingerprint density at radius 3 is 2.20 bits per heavy atom. The molecule has 0 amide bonds. The Labute approximate surface area is 124 Å². The van der Waals surface area contributed by atoms with Gasteiger partial charge in [-0.2, -0.15) is 0 Å². The van der Waals surface area contributed by atoms with E-state index in [1.54, 1.807) is 0 Å². The Morgan fingerprint density at radius 1 is 1.10 bits per heavy atom. The van der Waals surface area contributed by atoms with Gasteiger partial charge in [0.15, 0.2) is 0 Å². The predicted molar refractivity (Wildman–Crippen MR) is 87.1 cm³/mol. The zero-order chi connectivity index (χ0) is 14.6. The minimum absolute atomic E-state index is 0.387. The van der Waals surface area contributed by atoms with Crippen LogP contribution in [-0.4, -0.2) is 31.1 Å². The molecule has 1 N–H and O–H groups in total. The van der Waals surface area contributed by atoms with Crippen molar-refractivity contribution < 1.29 is 0 Å².